The van der Waals surface area contributed by atoms with E-state index in [4.69, 9.17) is 0 Å². The molecule has 3 heterocycles. The Morgan fingerprint density at radius 2 is 1.79 bits per heavy atom. The standard InChI is InChI=1S/C23H29N3OS/c27-22-9-10-23(19-26(22)18-20-6-4-5-13-24-20)11-14-25(15-12-23)16-17-28-21-7-2-1-3-8-21/h1-8,13H,9-12,14-19H2. The number of thioether (sulfide) groups is 1. The third-order valence-electron chi connectivity index (χ3n) is 6.16. The normalized spacial score (nSPS) is 19.9. The predicted molar refractivity (Wildman–Crippen MR) is 114 cm³/mol. The molecule has 28 heavy (non-hydrogen) atoms. The van der Waals surface area contributed by atoms with Gasteiger partial charge in [0.1, 0.15) is 0 Å². The van der Waals surface area contributed by atoms with Gasteiger partial charge in [0, 0.05) is 36.4 Å². The van der Waals surface area contributed by atoms with Gasteiger partial charge in [-0.2, -0.15) is 0 Å². The van der Waals surface area contributed by atoms with Gasteiger partial charge in [0.2, 0.25) is 5.91 Å². The van der Waals surface area contributed by atoms with E-state index in [2.05, 4.69) is 40.2 Å². The molecule has 2 aliphatic rings. The van der Waals surface area contributed by atoms with Crippen LogP contribution in [0.25, 0.3) is 0 Å². The van der Waals surface area contributed by atoms with Gasteiger partial charge in [-0.15, -0.1) is 11.8 Å². The molecule has 0 bridgehead atoms. The van der Waals surface area contributed by atoms with E-state index in [0.717, 1.165) is 44.0 Å². The molecule has 1 aromatic heterocycles. The van der Waals surface area contributed by atoms with Crippen molar-refractivity contribution in [1.82, 2.24) is 14.8 Å². The number of rotatable bonds is 6. The van der Waals surface area contributed by atoms with Gasteiger partial charge in [-0.3, -0.25) is 9.78 Å². The van der Waals surface area contributed by atoms with Crippen LogP contribution in [0.1, 0.15) is 31.4 Å². The molecule has 4 rings (SSSR count). The maximum Gasteiger partial charge on any atom is 0.222 e. The van der Waals surface area contributed by atoms with Crippen LogP contribution in [0, 0.1) is 5.41 Å². The molecule has 2 saturated heterocycles. The number of pyridine rings is 1. The van der Waals surface area contributed by atoms with Crippen molar-refractivity contribution >= 4 is 17.7 Å². The summed E-state index contributed by atoms with van der Waals surface area (Å²) in [5.74, 6) is 1.43. The Kier molecular flexibility index (Phi) is 6.33. The van der Waals surface area contributed by atoms with Crippen molar-refractivity contribution in [3.05, 3.63) is 60.4 Å². The number of likely N-dealkylation sites (tertiary alicyclic amines) is 2. The zero-order valence-electron chi connectivity index (χ0n) is 16.4. The number of amides is 1. The Morgan fingerprint density at radius 1 is 1.00 bits per heavy atom. The first-order valence-electron chi connectivity index (χ1n) is 10.3. The average Bonchev–Trinajstić information content (AvgIpc) is 2.74. The van der Waals surface area contributed by atoms with Crippen LogP contribution in [0.4, 0.5) is 0 Å². The molecule has 0 saturated carbocycles. The molecule has 4 nitrogen and oxygen atoms in total. The van der Waals surface area contributed by atoms with Crippen LogP contribution in [0.2, 0.25) is 0 Å². The zero-order valence-corrected chi connectivity index (χ0v) is 17.2. The quantitative estimate of drug-likeness (QED) is 0.691. The molecule has 0 unspecified atom stereocenters. The van der Waals surface area contributed by atoms with Crippen molar-refractivity contribution in [2.45, 2.75) is 37.1 Å². The second kappa shape index (κ2) is 9.10. The van der Waals surface area contributed by atoms with Crippen molar-refractivity contribution < 1.29 is 4.79 Å². The van der Waals surface area contributed by atoms with Gasteiger partial charge in [-0.05, 0) is 62.0 Å². The maximum atomic E-state index is 12.5. The first-order chi connectivity index (χ1) is 13.7. The largest absolute Gasteiger partial charge is 0.336 e. The van der Waals surface area contributed by atoms with Gasteiger partial charge in [0.25, 0.3) is 0 Å². The molecule has 1 aromatic carbocycles. The molecule has 0 radical (unpaired) electrons. The van der Waals surface area contributed by atoms with E-state index < -0.39 is 0 Å². The Hall–Kier alpha value is -1.85. The maximum absolute atomic E-state index is 12.5. The summed E-state index contributed by atoms with van der Waals surface area (Å²) in [7, 11) is 0. The fourth-order valence-corrected chi connectivity index (χ4v) is 5.34. The second-order valence-corrected chi connectivity index (χ2v) is 9.24. The molecule has 148 valence electrons. The van der Waals surface area contributed by atoms with Crippen LogP contribution in [-0.4, -0.2) is 52.6 Å². The Morgan fingerprint density at radius 3 is 2.54 bits per heavy atom. The number of aromatic nitrogens is 1. The Balaban J connectivity index is 1.26. The van der Waals surface area contributed by atoms with Gasteiger partial charge in [-0.25, -0.2) is 0 Å². The van der Waals surface area contributed by atoms with Gasteiger partial charge >= 0.3 is 0 Å². The Labute approximate surface area is 172 Å². The lowest BCUT2D eigenvalue weighted by molar-refractivity contribution is -0.140. The second-order valence-electron chi connectivity index (χ2n) is 8.07. The van der Waals surface area contributed by atoms with E-state index in [1.54, 1.807) is 0 Å². The number of benzene rings is 1. The highest BCUT2D eigenvalue weighted by Crippen LogP contribution is 2.40. The number of nitrogens with zero attached hydrogens (tertiary/aromatic N) is 3. The Bertz CT molecular complexity index is 760. The van der Waals surface area contributed by atoms with Crippen molar-refractivity contribution in [1.29, 1.82) is 0 Å². The van der Waals surface area contributed by atoms with Gasteiger partial charge in [-0.1, -0.05) is 24.3 Å². The van der Waals surface area contributed by atoms with E-state index in [9.17, 15) is 4.79 Å². The van der Waals surface area contributed by atoms with Gasteiger partial charge in [0.05, 0.1) is 12.2 Å². The minimum atomic E-state index is 0.290. The van der Waals surface area contributed by atoms with E-state index in [1.165, 1.54) is 17.7 Å². The van der Waals surface area contributed by atoms with Crippen LogP contribution < -0.4 is 0 Å². The van der Waals surface area contributed by atoms with E-state index >= 15 is 0 Å². The summed E-state index contributed by atoms with van der Waals surface area (Å²) in [4.78, 5) is 22.9. The molecule has 0 N–H and O–H groups in total. The van der Waals surface area contributed by atoms with E-state index in [0.29, 0.717) is 18.4 Å². The minimum Gasteiger partial charge on any atom is -0.336 e. The lowest BCUT2D eigenvalue weighted by Gasteiger charge is -2.47. The number of hydrogen-bond donors (Lipinski definition) is 0. The van der Waals surface area contributed by atoms with Crippen molar-refractivity contribution in [2.24, 2.45) is 5.41 Å². The summed E-state index contributed by atoms with van der Waals surface area (Å²) >= 11 is 1.94. The molecule has 2 fully saturated rings. The minimum absolute atomic E-state index is 0.290. The fourth-order valence-electron chi connectivity index (χ4n) is 4.40. The summed E-state index contributed by atoms with van der Waals surface area (Å²) in [5, 5.41) is 0. The first-order valence-corrected chi connectivity index (χ1v) is 11.3. The number of piperidine rings is 2. The lowest BCUT2D eigenvalue weighted by Crippen LogP contribution is -2.51. The lowest BCUT2D eigenvalue weighted by atomic mass is 9.72. The summed E-state index contributed by atoms with van der Waals surface area (Å²) in [6.45, 7) is 5.00. The highest BCUT2D eigenvalue weighted by molar-refractivity contribution is 7.99. The molecule has 2 aromatic rings. The highest BCUT2D eigenvalue weighted by Gasteiger charge is 2.40. The molecule has 1 amide bonds. The topological polar surface area (TPSA) is 36.4 Å². The van der Waals surface area contributed by atoms with Gasteiger partial charge in [0.15, 0.2) is 0 Å². The molecule has 2 aliphatic heterocycles. The molecule has 0 aliphatic carbocycles. The van der Waals surface area contributed by atoms with Crippen LogP contribution in [0.15, 0.2) is 59.6 Å². The smallest absolute Gasteiger partial charge is 0.222 e. The summed E-state index contributed by atoms with van der Waals surface area (Å²) in [5.41, 5.74) is 1.30. The van der Waals surface area contributed by atoms with Crippen molar-refractivity contribution in [3.8, 4) is 0 Å². The van der Waals surface area contributed by atoms with Crippen LogP contribution in [0.5, 0.6) is 0 Å². The van der Waals surface area contributed by atoms with Crippen LogP contribution in [-0.2, 0) is 11.3 Å². The fraction of sp³-hybridized carbons (Fsp3) is 0.478. The summed E-state index contributed by atoms with van der Waals surface area (Å²) in [6, 6.07) is 16.6. The van der Waals surface area contributed by atoms with E-state index in [-0.39, 0.29) is 5.91 Å². The van der Waals surface area contributed by atoms with Crippen molar-refractivity contribution in [2.75, 3.05) is 31.9 Å². The third-order valence-corrected chi connectivity index (χ3v) is 7.16. The first kappa shape index (κ1) is 19.5. The molecule has 0 atom stereocenters. The van der Waals surface area contributed by atoms with E-state index in [1.807, 2.05) is 41.1 Å². The zero-order chi connectivity index (χ0) is 19.2. The van der Waals surface area contributed by atoms with Crippen LogP contribution >= 0.6 is 11.8 Å². The van der Waals surface area contributed by atoms with Crippen LogP contribution in [0.3, 0.4) is 0 Å². The SMILES string of the molecule is O=C1CCC2(CCN(CCSc3ccccc3)CC2)CN1Cc1ccccn1. The molecular weight excluding hydrogens is 366 g/mol. The average molecular weight is 396 g/mol. The summed E-state index contributed by atoms with van der Waals surface area (Å²) in [6.07, 6.45) is 5.96. The number of carbonyl (C=O) groups excluding carboxylic acids is 1. The summed E-state index contributed by atoms with van der Waals surface area (Å²) < 4.78 is 0. The third kappa shape index (κ3) is 4.95. The van der Waals surface area contributed by atoms with Gasteiger partial charge < -0.3 is 9.80 Å². The monoisotopic (exact) mass is 395 g/mol. The number of hydrogen-bond acceptors (Lipinski definition) is 4. The number of carbonyl (C=O) groups is 1. The van der Waals surface area contributed by atoms with Crippen molar-refractivity contribution in [3.63, 3.8) is 0 Å². The highest BCUT2D eigenvalue weighted by atomic mass is 32.2. The molecular formula is C23H29N3OS. The molecule has 1 spiro atoms. The predicted octanol–water partition coefficient (Wildman–Crippen LogP) is 4.08. The molecule has 5 heteroatoms.